The molecule has 2 N–H and O–H groups in total. The number of urea groups is 1. The van der Waals surface area contributed by atoms with Crippen LogP contribution in [0.25, 0.3) is 0 Å². The Balaban J connectivity index is 1.88. The molecule has 1 aliphatic heterocycles. The first-order valence-electron chi connectivity index (χ1n) is 6.96. The van der Waals surface area contributed by atoms with Crippen LogP contribution >= 0.6 is 0 Å². The van der Waals surface area contributed by atoms with Crippen molar-refractivity contribution >= 4 is 17.6 Å². The zero-order chi connectivity index (χ0) is 15.2. The number of hydrogen-bond acceptors (Lipinski definition) is 3. The van der Waals surface area contributed by atoms with Gasteiger partial charge in [0, 0.05) is 18.8 Å². The summed E-state index contributed by atoms with van der Waals surface area (Å²) in [5.41, 5.74) is 0.987. The van der Waals surface area contributed by atoms with Gasteiger partial charge in [-0.25, -0.2) is 4.79 Å². The van der Waals surface area contributed by atoms with Crippen molar-refractivity contribution in [3.05, 3.63) is 29.8 Å². The van der Waals surface area contributed by atoms with Gasteiger partial charge in [-0.15, -0.1) is 0 Å². The minimum absolute atomic E-state index is 0.0616. The first-order chi connectivity index (χ1) is 10.1. The number of carbonyl (C=O) groups is 2. The molecule has 6 nitrogen and oxygen atoms in total. The van der Waals surface area contributed by atoms with Gasteiger partial charge in [0.1, 0.15) is 6.04 Å². The average Bonchev–Trinajstić information content (AvgIpc) is 3.00. The van der Waals surface area contributed by atoms with Gasteiger partial charge in [0.05, 0.1) is 11.6 Å². The molecule has 1 atom stereocenters. The Morgan fingerprint density at radius 2 is 2.05 bits per heavy atom. The van der Waals surface area contributed by atoms with Gasteiger partial charge in [0.25, 0.3) is 0 Å². The van der Waals surface area contributed by atoms with Gasteiger partial charge in [-0.05, 0) is 38.0 Å². The van der Waals surface area contributed by atoms with E-state index in [1.54, 1.807) is 36.1 Å². The van der Waals surface area contributed by atoms with Gasteiger partial charge in [-0.2, -0.15) is 5.26 Å². The molecular weight excluding hydrogens is 268 g/mol. The molecule has 0 spiro atoms. The average molecular weight is 286 g/mol. The number of nitriles is 1. The Hall–Kier alpha value is -2.55. The van der Waals surface area contributed by atoms with Crippen molar-refractivity contribution < 1.29 is 9.59 Å². The predicted octanol–water partition coefficient (Wildman–Crippen LogP) is 1.69. The summed E-state index contributed by atoms with van der Waals surface area (Å²) in [6.45, 7) is 3.19. The number of benzene rings is 1. The highest BCUT2D eigenvalue weighted by Crippen LogP contribution is 2.11. The molecule has 1 heterocycles. The molecule has 0 bridgehead atoms. The second-order valence-electron chi connectivity index (χ2n) is 5.05. The molecule has 21 heavy (non-hydrogen) atoms. The summed E-state index contributed by atoms with van der Waals surface area (Å²) in [6, 6.07) is 7.59. The molecule has 6 heteroatoms. The van der Waals surface area contributed by atoms with Crippen LogP contribution in [-0.2, 0) is 4.79 Å². The van der Waals surface area contributed by atoms with Gasteiger partial charge in [0.15, 0.2) is 0 Å². The lowest BCUT2D eigenvalue weighted by atomic mass is 10.2. The number of anilines is 1. The second kappa shape index (κ2) is 6.75. The minimum Gasteiger partial charge on any atom is -0.341 e. The van der Waals surface area contributed by atoms with Crippen molar-refractivity contribution in [2.45, 2.75) is 25.8 Å². The molecule has 0 aromatic heterocycles. The molecule has 1 fully saturated rings. The number of carbonyl (C=O) groups excluding carboxylic acids is 2. The summed E-state index contributed by atoms with van der Waals surface area (Å²) in [6.07, 6.45) is 2.04. The number of nitrogens with zero attached hydrogens (tertiary/aromatic N) is 2. The molecule has 1 aromatic carbocycles. The van der Waals surface area contributed by atoms with Gasteiger partial charge in [0.2, 0.25) is 5.91 Å². The minimum atomic E-state index is -0.567. The van der Waals surface area contributed by atoms with E-state index in [2.05, 4.69) is 10.6 Å². The SMILES string of the molecule is C[C@H](NC(=O)Nc1cccc(C#N)c1)C(=O)N1CCCC1. The van der Waals surface area contributed by atoms with Crippen molar-refractivity contribution in [1.82, 2.24) is 10.2 Å². The van der Waals surface area contributed by atoms with E-state index in [4.69, 9.17) is 5.26 Å². The summed E-state index contributed by atoms with van der Waals surface area (Å²) in [7, 11) is 0. The third-order valence-electron chi connectivity index (χ3n) is 3.39. The van der Waals surface area contributed by atoms with Crippen LogP contribution in [0.1, 0.15) is 25.3 Å². The Kier molecular flexibility index (Phi) is 4.77. The monoisotopic (exact) mass is 286 g/mol. The quantitative estimate of drug-likeness (QED) is 0.886. The summed E-state index contributed by atoms with van der Waals surface area (Å²) in [4.78, 5) is 25.7. The molecule has 0 aliphatic carbocycles. The maximum absolute atomic E-state index is 12.1. The van der Waals surface area contributed by atoms with Crippen LogP contribution in [0, 0.1) is 11.3 Å². The topological polar surface area (TPSA) is 85.2 Å². The van der Waals surface area contributed by atoms with Crippen LogP contribution in [0.3, 0.4) is 0 Å². The van der Waals surface area contributed by atoms with Crippen molar-refractivity contribution in [2.75, 3.05) is 18.4 Å². The Morgan fingerprint density at radius 1 is 1.33 bits per heavy atom. The van der Waals surface area contributed by atoms with E-state index in [0.29, 0.717) is 11.3 Å². The molecule has 1 aromatic rings. The highest BCUT2D eigenvalue weighted by Gasteiger charge is 2.24. The van der Waals surface area contributed by atoms with Gasteiger partial charge < -0.3 is 15.5 Å². The van der Waals surface area contributed by atoms with Crippen LogP contribution in [0.5, 0.6) is 0 Å². The number of amides is 3. The van der Waals surface area contributed by atoms with Crippen LogP contribution in [0.2, 0.25) is 0 Å². The number of likely N-dealkylation sites (tertiary alicyclic amines) is 1. The van der Waals surface area contributed by atoms with E-state index in [1.807, 2.05) is 6.07 Å². The molecule has 3 amide bonds. The van der Waals surface area contributed by atoms with Crippen molar-refractivity contribution in [1.29, 1.82) is 5.26 Å². The molecular formula is C15H18N4O2. The largest absolute Gasteiger partial charge is 0.341 e. The third-order valence-corrected chi connectivity index (χ3v) is 3.39. The summed E-state index contributed by atoms with van der Waals surface area (Å²) < 4.78 is 0. The highest BCUT2D eigenvalue weighted by atomic mass is 16.2. The van der Waals surface area contributed by atoms with E-state index in [-0.39, 0.29) is 5.91 Å². The molecule has 0 unspecified atom stereocenters. The number of nitrogens with one attached hydrogen (secondary N) is 2. The summed E-state index contributed by atoms with van der Waals surface area (Å²) >= 11 is 0. The van der Waals surface area contributed by atoms with E-state index in [1.165, 1.54) is 0 Å². The number of hydrogen-bond donors (Lipinski definition) is 2. The lowest BCUT2D eigenvalue weighted by Gasteiger charge is -2.21. The molecule has 2 rings (SSSR count). The van der Waals surface area contributed by atoms with Crippen molar-refractivity contribution in [3.63, 3.8) is 0 Å². The zero-order valence-corrected chi connectivity index (χ0v) is 11.9. The molecule has 1 saturated heterocycles. The van der Waals surface area contributed by atoms with Gasteiger partial charge >= 0.3 is 6.03 Å². The fraction of sp³-hybridized carbons (Fsp3) is 0.400. The third kappa shape index (κ3) is 3.96. The first-order valence-corrected chi connectivity index (χ1v) is 6.96. The van der Waals surface area contributed by atoms with Crippen LogP contribution < -0.4 is 10.6 Å². The standard InChI is InChI=1S/C15H18N4O2/c1-11(14(20)19-7-2-3-8-19)17-15(21)18-13-6-4-5-12(9-13)10-16/h4-6,9,11H,2-3,7-8H2,1H3,(H2,17,18,21)/t11-/m0/s1. The fourth-order valence-electron chi connectivity index (χ4n) is 2.30. The second-order valence-corrected chi connectivity index (χ2v) is 5.05. The lowest BCUT2D eigenvalue weighted by molar-refractivity contribution is -0.131. The normalized spacial score (nSPS) is 15.1. The molecule has 0 radical (unpaired) electrons. The van der Waals surface area contributed by atoms with Crippen LogP contribution in [0.4, 0.5) is 10.5 Å². The van der Waals surface area contributed by atoms with E-state index in [9.17, 15) is 9.59 Å². The molecule has 0 saturated carbocycles. The predicted molar refractivity (Wildman–Crippen MR) is 78.6 cm³/mol. The van der Waals surface area contributed by atoms with Gasteiger partial charge in [-0.3, -0.25) is 4.79 Å². The van der Waals surface area contributed by atoms with E-state index < -0.39 is 12.1 Å². The fourth-order valence-corrected chi connectivity index (χ4v) is 2.30. The zero-order valence-electron chi connectivity index (χ0n) is 11.9. The van der Waals surface area contributed by atoms with E-state index >= 15 is 0 Å². The maximum Gasteiger partial charge on any atom is 0.319 e. The van der Waals surface area contributed by atoms with Crippen molar-refractivity contribution in [3.8, 4) is 6.07 Å². The van der Waals surface area contributed by atoms with E-state index in [0.717, 1.165) is 25.9 Å². The van der Waals surface area contributed by atoms with Crippen LogP contribution in [-0.4, -0.2) is 36.0 Å². The number of rotatable bonds is 3. The summed E-state index contributed by atoms with van der Waals surface area (Å²) in [5.74, 6) is -0.0616. The smallest absolute Gasteiger partial charge is 0.319 e. The Bertz CT molecular complexity index is 573. The lowest BCUT2D eigenvalue weighted by Crippen LogP contribution is -2.47. The molecule has 110 valence electrons. The highest BCUT2D eigenvalue weighted by molar-refractivity contribution is 5.93. The summed E-state index contributed by atoms with van der Waals surface area (Å²) in [5, 5.41) is 14.0. The van der Waals surface area contributed by atoms with Crippen molar-refractivity contribution in [2.24, 2.45) is 0 Å². The maximum atomic E-state index is 12.1. The Morgan fingerprint density at radius 3 is 2.71 bits per heavy atom. The van der Waals surface area contributed by atoms with Gasteiger partial charge in [-0.1, -0.05) is 6.07 Å². The Labute approximate surface area is 123 Å². The molecule has 1 aliphatic rings. The van der Waals surface area contributed by atoms with Crippen LogP contribution in [0.15, 0.2) is 24.3 Å². The first kappa shape index (κ1) is 14.9.